The maximum atomic E-state index is 12.9. The molecule has 128 valence electrons. The Bertz CT molecular complexity index is 1010. The van der Waals surface area contributed by atoms with Crippen LogP contribution in [-0.4, -0.2) is 19.7 Å². The van der Waals surface area contributed by atoms with Gasteiger partial charge < -0.3 is 13.9 Å². The number of aryl methyl sites for hydroxylation is 1. The number of esters is 1. The number of carbonyl (C=O) groups is 1. The van der Waals surface area contributed by atoms with Crippen LogP contribution in [0.1, 0.15) is 5.56 Å². The zero-order valence-corrected chi connectivity index (χ0v) is 14.4. The average Bonchev–Trinajstić information content (AvgIpc) is 2.60. The highest BCUT2D eigenvalue weighted by molar-refractivity contribution is 6.33. The first-order valence-corrected chi connectivity index (χ1v) is 7.91. The van der Waals surface area contributed by atoms with Crippen LogP contribution in [0.4, 0.5) is 0 Å². The molecule has 6 heteroatoms. The number of hydrogen-bond donors (Lipinski definition) is 0. The standard InChI is InChI=1S/C19H15ClO5/c1-11-7-8-13-15(9-11)25-18(12-5-3-4-6-14(12)20)19(17(13)22)24-10-16(21)23-2/h3-9H,10H2,1-2H3. The third-order valence-corrected chi connectivity index (χ3v) is 4.02. The second kappa shape index (κ2) is 6.99. The number of ether oxygens (including phenoxy) is 2. The Hall–Kier alpha value is -2.79. The van der Waals surface area contributed by atoms with Crippen LogP contribution in [0, 0.1) is 6.92 Å². The number of fused-ring (bicyclic) bond motifs is 1. The fourth-order valence-electron chi connectivity index (χ4n) is 2.43. The van der Waals surface area contributed by atoms with Crippen molar-refractivity contribution in [2.45, 2.75) is 6.92 Å². The monoisotopic (exact) mass is 358 g/mol. The van der Waals surface area contributed by atoms with E-state index in [4.69, 9.17) is 20.8 Å². The second-order valence-corrected chi connectivity index (χ2v) is 5.84. The molecule has 3 rings (SSSR count). The molecule has 0 radical (unpaired) electrons. The number of carbonyl (C=O) groups excluding carboxylic acids is 1. The zero-order chi connectivity index (χ0) is 18.0. The normalized spacial score (nSPS) is 10.7. The van der Waals surface area contributed by atoms with Crippen LogP contribution < -0.4 is 10.2 Å². The maximum absolute atomic E-state index is 12.9. The summed E-state index contributed by atoms with van der Waals surface area (Å²) >= 11 is 6.25. The van der Waals surface area contributed by atoms with Gasteiger partial charge in [-0.15, -0.1) is 0 Å². The first-order valence-electron chi connectivity index (χ1n) is 7.53. The Morgan fingerprint density at radius 1 is 1.20 bits per heavy atom. The van der Waals surface area contributed by atoms with Gasteiger partial charge in [0.2, 0.25) is 11.2 Å². The van der Waals surface area contributed by atoms with E-state index in [2.05, 4.69) is 4.74 Å². The number of rotatable bonds is 4. The van der Waals surface area contributed by atoms with Gasteiger partial charge >= 0.3 is 5.97 Å². The van der Waals surface area contributed by atoms with Gasteiger partial charge in [0.15, 0.2) is 12.4 Å². The molecule has 0 amide bonds. The fraction of sp³-hybridized carbons (Fsp3) is 0.158. The summed E-state index contributed by atoms with van der Waals surface area (Å²) in [6.07, 6.45) is 0. The zero-order valence-electron chi connectivity index (χ0n) is 13.7. The third-order valence-electron chi connectivity index (χ3n) is 3.69. The maximum Gasteiger partial charge on any atom is 0.343 e. The van der Waals surface area contributed by atoms with Crippen molar-refractivity contribution in [2.24, 2.45) is 0 Å². The summed E-state index contributed by atoms with van der Waals surface area (Å²) in [5.41, 5.74) is 1.50. The van der Waals surface area contributed by atoms with Gasteiger partial charge in [-0.1, -0.05) is 29.8 Å². The minimum atomic E-state index is -0.603. The van der Waals surface area contributed by atoms with E-state index in [9.17, 15) is 9.59 Å². The smallest absolute Gasteiger partial charge is 0.343 e. The summed E-state index contributed by atoms with van der Waals surface area (Å²) in [4.78, 5) is 24.3. The van der Waals surface area contributed by atoms with Crippen LogP contribution in [-0.2, 0) is 9.53 Å². The highest BCUT2D eigenvalue weighted by Gasteiger charge is 2.20. The number of halogens is 1. The van der Waals surface area contributed by atoms with E-state index in [0.717, 1.165) is 5.56 Å². The molecule has 0 aliphatic heterocycles. The van der Waals surface area contributed by atoms with Gasteiger partial charge in [-0.05, 0) is 36.8 Å². The van der Waals surface area contributed by atoms with E-state index in [-0.39, 0.29) is 16.9 Å². The molecular formula is C19H15ClO5. The van der Waals surface area contributed by atoms with Gasteiger partial charge in [0.1, 0.15) is 5.58 Å². The highest BCUT2D eigenvalue weighted by Crippen LogP contribution is 2.35. The fourth-order valence-corrected chi connectivity index (χ4v) is 2.65. The van der Waals surface area contributed by atoms with Crippen molar-refractivity contribution < 1.29 is 18.7 Å². The Morgan fingerprint density at radius 2 is 1.96 bits per heavy atom. The summed E-state index contributed by atoms with van der Waals surface area (Å²) < 4.78 is 15.9. The van der Waals surface area contributed by atoms with Crippen molar-refractivity contribution in [3.8, 4) is 17.1 Å². The molecule has 0 saturated carbocycles. The topological polar surface area (TPSA) is 65.7 Å². The molecule has 5 nitrogen and oxygen atoms in total. The molecule has 0 unspecified atom stereocenters. The van der Waals surface area contributed by atoms with Crippen molar-refractivity contribution in [3.63, 3.8) is 0 Å². The average molecular weight is 359 g/mol. The lowest BCUT2D eigenvalue weighted by atomic mass is 10.1. The molecule has 0 fully saturated rings. The lowest BCUT2D eigenvalue weighted by Gasteiger charge is -2.12. The molecule has 0 spiro atoms. The SMILES string of the molecule is COC(=O)COc1c(-c2ccccc2Cl)oc2cc(C)ccc2c1=O. The molecule has 3 aromatic rings. The first-order chi connectivity index (χ1) is 12.0. The molecule has 0 bridgehead atoms. The van der Waals surface area contributed by atoms with Crippen LogP contribution in [0.25, 0.3) is 22.3 Å². The molecule has 0 N–H and O–H groups in total. The van der Waals surface area contributed by atoms with Crippen LogP contribution in [0.3, 0.4) is 0 Å². The van der Waals surface area contributed by atoms with E-state index in [1.807, 2.05) is 6.92 Å². The number of methoxy groups -OCH3 is 1. The van der Waals surface area contributed by atoms with Gasteiger partial charge in [0.25, 0.3) is 0 Å². The van der Waals surface area contributed by atoms with Crippen LogP contribution >= 0.6 is 11.6 Å². The second-order valence-electron chi connectivity index (χ2n) is 5.43. The van der Waals surface area contributed by atoms with Crippen molar-refractivity contribution in [3.05, 3.63) is 63.3 Å². The molecule has 0 aliphatic carbocycles. The van der Waals surface area contributed by atoms with Crippen LogP contribution in [0.15, 0.2) is 51.7 Å². The van der Waals surface area contributed by atoms with Gasteiger partial charge in [-0.3, -0.25) is 4.79 Å². The van der Waals surface area contributed by atoms with E-state index < -0.39 is 12.6 Å². The summed E-state index contributed by atoms with van der Waals surface area (Å²) in [5.74, 6) is -0.499. The predicted octanol–water partition coefficient (Wildman–Crippen LogP) is 3.97. The molecule has 25 heavy (non-hydrogen) atoms. The van der Waals surface area contributed by atoms with Crippen molar-refractivity contribution in [2.75, 3.05) is 13.7 Å². The van der Waals surface area contributed by atoms with Crippen LogP contribution in [0.2, 0.25) is 5.02 Å². The number of hydrogen-bond acceptors (Lipinski definition) is 5. The van der Waals surface area contributed by atoms with E-state index in [0.29, 0.717) is 21.6 Å². The summed E-state index contributed by atoms with van der Waals surface area (Å²) in [7, 11) is 1.24. The van der Waals surface area contributed by atoms with Crippen molar-refractivity contribution >= 4 is 28.5 Å². The Morgan fingerprint density at radius 3 is 2.68 bits per heavy atom. The molecular weight excluding hydrogens is 344 g/mol. The van der Waals surface area contributed by atoms with E-state index in [1.165, 1.54) is 7.11 Å². The van der Waals surface area contributed by atoms with Crippen LogP contribution in [0.5, 0.6) is 5.75 Å². The highest BCUT2D eigenvalue weighted by atomic mass is 35.5. The minimum absolute atomic E-state index is 0.0742. The summed E-state index contributed by atoms with van der Waals surface area (Å²) in [6, 6.07) is 12.2. The van der Waals surface area contributed by atoms with Crippen molar-refractivity contribution in [1.29, 1.82) is 0 Å². The predicted molar refractivity (Wildman–Crippen MR) is 95.2 cm³/mol. The van der Waals surface area contributed by atoms with E-state index >= 15 is 0 Å². The molecule has 1 heterocycles. The molecule has 0 aliphatic rings. The molecule has 2 aromatic carbocycles. The van der Waals surface area contributed by atoms with Gasteiger partial charge in [0.05, 0.1) is 17.5 Å². The molecule has 1 aromatic heterocycles. The first kappa shape index (κ1) is 17.0. The Labute approximate surface area is 148 Å². The van der Waals surface area contributed by atoms with Gasteiger partial charge in [-0.2, -0.15) is 0 Å². The molecule has 0 saturated heterocycles. The molecule has 0 atom stereocenters. The number of benzene rings is 2. The summed E-state index contributed by atoms with van der Waals surface area (Å²) in [6.45, 7) is 1.49. The van der Waals surface area contributed by atoms with E-state index in [1.54, 1.807) is 42.5 Å². The quantitative estimate of drug-likeness (QED) is 0.660. The largest absolute Gasteiger partial charge is 0.474 e. The minimum Gasteiger partial charge on any atom is -0.474 e. The van der Waals surface area contributed by atoms with Gasteiger partial charge in [0, 0.05) is 5.56 Å². The Balaban J connectivity index is 2.26. The lowest BCUT2D eigenvalue weighted by Crippen LogP contribution is -2.17. The van der Waals surface area contributed by atoms with Crippen molar-refractivity contribution in [1.82, 2.24) is 0 Å². The summed E-state index contributed by atoms with van der Waals surface area (Å²) in [5, 5.41) is 0.766. The van der Waals surface area contributed by atoms with Gasteiger partial charge in [-0.25, -0.2) is 4.79 Å². The lowest BCUT2D eigenvalue weighted by molar-refractivity contribution is -0.142. The third kappa shape index (κ3) is 3.37. The Kier molecular flexibility index (Phi) is 4.76.